The molecule has 0 aliphatic carbocycles. The molecule has 1 aromatic heterocycles. The van der Waals surface area contributed by atoms with Crippen LogP contribution in [0.3, 0.4) is 0 Å². The van der Waals surface area contributed by atoms with E-state index in [-0.39, 0.29) is 23.6 Å². The van der Waals surface area contributed by atoms with Gasteiger partial charge in [-0.05, 0) is 24.6 Å². The minimum atomic E-state index is -0.947. The van der Waals surface area contributed by atoms with Crippen LogP contribution in [0.25, 0.3) is 0 Å². The molecule has 2 rings (SSSR count). The highest BCUT2D eigenvalue weighted by Gasteiger charge is 2.18. The van der Waals surface area contributed by atoms with E-state index >= 15 is 0 Å². The maximum atomic E-state index is 12.9. The van der Waals surface area contributed by atoms with Crippen LogP contribution in [0.1, 0.15) is 18.5 Å². The van der Waals surface area contributed by atoms with Crippen molar-refractivity contribution < 1.29 is 14.3 Å². The normalized spacial score (nSPS) is 12.3. The summed E-state index contributed by atoms with van der Waals surface area (Å²) < 4.78 is 14.6. The van der Waals surface area contributed by atoms with Gasteiger partial charge in [0.25, 0.3) is 0 Å². The van der Waals surface area contributed by atoms with Gasteiger partial charge < -0.3 is 10.8 Å². The van der Waals surface area contributed by atoms with Crippen LogP contribution >= 0.6 is 11.8 Å². The highest BCUT2D eigenvalue weighted by Crippen LogP contribution is 2.27. The monoisotopic (exact) mass is 296 g/mol. The van der Waals surface area contributed by atoms with Gasteiger partial charge in [-0.25, -0.2) is 4.39 Å². The molecule has 0 amide bonds. The second-order valence-electron chi connectivity index (χ2n) is 4.12. The highest BCUT2D eigenvalue weighted by atomic mass is 32.2. The second-order valence-corrected chi connectivity index (χ2v) is 5.06. The van der Waals surface area contributed by atoms with Crippen molar-refractivity contribution >= 4 is 23.7 Å². The zero-order valence-corrected chi connectivity index (χ0v) is 11.5. The molecule has 1 aromatic carbocycles. The third kappa shape index (κ3) is 3.08. The van der Waals surface area contributed by atoms with E-state index in [4.69, 9.17) is 10.8 Å². The van der Waals surface area contributed by atoms with Gasteiger partial charge in [-0.15, -0.1) is 10.2 Å². The number of thioether (sulfide) groups is 1. The molecule has 0 aliphatic heterocycles. The van der Waals surface area contributed by atoms with E-state index in [0.717, 1.165) is 17.3 Å². The van der Waals surface area contributed by atoms with Crippen LogP contribution in [0.4, 0.5) is 10.3 Å². The van der Waals surface area contributed by atoms with Gasteiger partial charge in [0, 0.05) is 0 Å². The Balaban J connectivity index is 2.28. The third-order valence-electron chi connectivity index (χ3n) is 2.76. The zero-order valence-electron chi connectivity index (χ0n) is 10.7. The number of hydrogen-bond donors (Lipinski definition) is 2. The van der Waals surface area contributed by atoms with Gasteiger partial charge in [-0.1, -0.05) is 23.9 Å². The van der Waals surface area contributed by atoms with Crippen LogP contribution in [0.2, 0.25) is 0 Å². The van der Waals surface area contributed by atoms with Gasteiger partial charge in [0.15, 0.2) is 5.16 Å². The van der Waals surface area contributed by atoms with Gasteiger partial charge in [-0.2, -0.15) is 0 Å². The molecule has 0 aliphatic rings. The predicted octanol–water partition coefficient (Wildman–Crippen LogP) is 1.79. The number of anilines is 1. The summed E-state index contributed by atoms with van der Waals surface area (Å²) in [5.74, 6) is -1.21. The number of halogens is 1. The Labute approximate surface area is 118 Å². The van der Waals surface area contributed by atoms with Crippen LogP contribution < -0.4 is 5.73 Å². The first kappa shape index (κ1) is 14.3. The van der Waals surface area contributed by atoms with Crippen molar-refractivity contribution in [1.82, 2.24) is 14.8 Å². The van der Waals surface area contributed by atoms with E-state index in [9.17, 15) is 9.18 Å². The number of rotatable bonds is 5. The van der Waals surface area contributed by atoms with Crippen molar-refractivity contribution in [2.24, 2.45) is 0 Å². The summed E-state index contributed by atoms with van der Waals surface area (Å²) in [6.07, 6.45) is 0. The SMILES string of the molecule is CC(c1ccc(F)cc1)n1c(N)nnc1SCC(=O)O. The van der Waals surface area contributed by atoms with Crippen LogP contribution in [0.5, 0.6) is 0 Å². The molecule has 2 aromatic rings. The van der Waals surface area contributed by atoms with E-state index < -0.39 is 5.97 Å². The predicted molar refractivity (Wildman–Crippen MR) is 73.0 cm³/mol. The molecule has 0 bridgehead atoms. The van der Waals surface area contributed by atoms with E-state index in [1.165, 1.54) is 12.1 Å². The molecule has 20 heavy (non-hydrogen) atoms. The molecule has 0 radical (unpaired) electrons. The van der Waals surface area contributed by atoms with Gasteiger partial charge in [0.05, 0.1) is 11.8 Å². The number of carbonyl (C=O) groups is 1. The van der Waals surface area contributed by atoms with Gasteiger partial charge >= 0.3 is 5.97 Å². The maximum absolute atomic E-state index is 12.9. The van der Waals surface area contributed by atoms with Crippen LogP contribution in [-0.4, -0.2) is 31.6 Å². The Morgan fingerprint density at radius 2 is 2.10 bits per heavy atom. The smallest absolute Gasteiger partial charge is 0.313 e. The van der Waals surface area contributed by atoms with E-state index in [1.807, 2.05) is 6.92 Å². The number of aromatic nitrogens is 3. The van der Waals surface area contributed by atoms with Gasteiger partial charge in [0.1, 0.15) is 5.82 Å². The number of aliphatic carboxylic acids is 1. The topological polar surface area (TPSA) is 94.0 Å². The first-order valence-electron chi connectivity index (χ1n) is 5.79. The number of nitrogens with two attached hydrogens (primary N) is 1. The first-order chi connectivity index (χ1) is 9.49. The molecule has 0 spiro atoms. The Bertz CT molecular complexity index is 614. The van der Waals surface area contributed by atoms with Crippen molar-refractivity contribution in [3.63, 3.8) is 0 Å². The molecule has 1 unspecified atom stereocenters. The Morgan fingerprint density at radius 1 is 1.45 bits per heavy atom. The fourth-order valence-electron chi connectivity index (χ4n) is 1.77. The van der Waals surface area contributed by atoms with Crippen LogP contribution in [0.15, 0.2) is 29.4 Å². The van der Waals surface area contributed by atoms with Gasteiger partial charge in [0.2, 0.25) is 5.95 Å². The molecule has 0 saturated carbocycles. The maximum Gasteiger partial charge on any atom is 0.313 e. The molecule has 106 valence electrons. The van der Waals surface area contributed by atoms with Crippen molar-refractivity contribution in [1.29, 1.82) is 0 Å². The summed E-state index contributed by atoms with van der Waals surface area (Å²) in [6.45, 7) is 1.86. The average molecular weight is 296 g/mol. The number of hydrogen-bond acceptors (Lipinski definition) is 5. The van der Waals surface area contributed by atoms with E-state index in [0.29, 0.717) is 5.16 Å². The lowest BCUT2D eigenvalue weighted by molar-refractivity contribution is -0.133. The summed E-state index contributed by atoms with van der Waals surface area (Å²) in [6, 6.07) is 5.78. The Hall–Kier alpha value is -2.09. The molecule has 1 atom stereocenters. The highest BCUT2D eigenvalue weighted by molar-refractivity contribution is 7.99. The largest absolute Gasteiger partial charge is 0.481 e. The molecular formula is C12H13FN4O2S. The summed E-state index contributed by atoms with van der Waals surface area (Å²) >= 11 is 1.04. The number of carboxylic acids is 1. The lowest BCUT2D eigenvalue weighted by Crippen LogP contribution is -2.12. The molecule has 3 N–H and O–H groups in total. The quantitative estimate of drug-likeness (QED) is 0.817. The Kier molecular flexibility index (Phi) is 4.23. The fraction of sp³-hybridized carbons (Fsp3) is 0.250. The first-order valence-corrected chi connectivity index (χ1v) is 6.78. The number of benzene rings is 1. The average Bonchev–Trinajstić information content (AvgIpc) is 2.77. The van der Waals surface area contributed by atoms with Crippen LogP contribution in [0, 0.1) is 5.82 Å². The fourth-order valence-corrected chi connectivity index (χ4v) is 2.51. The molecule has 8 heteroatoms. The number of nitrogen functional groups attached to an aromatic ring is 1. The Morgan fingerprint density at radius 3 is 2.70 bits per heavy atom. The summed E-state index contributed by atoms with van der Waals surface area (Å²) in [5.41, 5.74) is 6.60. The minimum absolute atomic E-state index is 0.131. The number of nitrogens with zero attached hydrogens (tertiary/aromatic N) is 3. The molecule has 0 saturated heterocycles. The van der Waals surface area contributed by atoms with E-state index in [2.05, 4.69) is 10.2 Å². The van der Waals surface area contributed by atoms with Crippen molar-refractivity contribution in [3.05, 3.63) is 35.6 Å². The summed E-state index contributed by atoms with van der Waals surface area (Å²) in [7, 11) is 0. The van der Waals surface area contributed by atoms with Crippen molar-refractivity contribution in [2.45, 2.75) is 18.1 Å². The third-order valence-corrected chi connectivity index (χ3v) is 3.68. The molecule has 1 heterocycles. The second kappa shape index (κ2) is 5.91. The molecule has 6 nitrogen and oxygen atoms in total. The summed E-state index contributed by atoms with van der Waals surface area (Å²) in [4.78, 5) is 10.6. The van der Waals surface area contributed by atoms with E-state index in [1.54, 1.807) is 16.7 Å². The zero-order chi connectivity index (χ0) is 14.7. The lowest BCUT2D eigenvalue weighted by atomic mass is 10.1. The molecule has 0 fully saturated rings. The standard InChI is InChI=1S/C12H13FN4O2S/c1-7(8-2-4-9(13)5-3-8)17-11(14)15-16-12(17)20-6-10(18)19/h2-5,7H,6H2,1H3,(H2,14,15)(H,18,19). The molecular weight excluding hydrogens is 283 g/mol. The lowest BCUT2D eigenvalue weighted by Gasteiger charge is -2.16. The number of carboxylic acid groups (broad SMARTS) is 1. The van der Waals surface area contributed by atoms with Gasteiger partial charge in [-0.3, -0.25) is 9.36 Å². The minimum Gasteiger partial charge on any atom is -0.481 e. The summed E-state index contributed by atoms with van der Waals surface area (Å²) in [5, 5.41) is 16.8. The van der Waals surface area contributed by atoms with Crippen molar-refractivity contribution in [3.8, 4) is 0 Å². The van der Waals surface area contributed by atoms with Crippen LogP contribution in [-0.2, 0) is 4.79 Å². The van der Waals surface area contributed by atoms with Crippen molar-refractivity contribution in [2.75, 3.05) is 11.5 Å².